The minimum absolute atomic E-state index is 0.0301. The number of nitrogens with zero attached hydrogens (tertiary/aromatic N) is 2. The molecule has 7 heteroatoms. The van der Waals surface area contributed by atoms with Crippen molar-refractivity contribution < 1.29 is 19.7 Å². The monoisotopic (exact) mass is 289 g/mol. The highest BCUT2D eigenvalue weighted by molar-refractivity contribution is 5.68. The fraction of sp³-hybridized carbons (Fsp3) is 0.923. The van der Waals surface area contributed by atoms with Gasteiger partial charge in [0.15, 0.2) is 0 Å². The molecule has 1 amide bonds. The number of carbonyl (C=O) groups is 1. The van der Waals surface area contributed by atoms with Crippen LogP contribution in [0, 0.1) is 0 Å². The first-order chi connectivity index (χ1) is 9.26. The number of aliphatic hydroxyl groups excluding tert-OH is 2. The van der Waals surface area contributed by atoms with E-state index in [1.165, 1.54) is 0 Å². The van der Waals surface area contributed by atoms with Crippen LogP contribution < -0.4 is 5.73 Å². The van der Waals surface area contributed by atoms with Crippen LogP contribution in [0.4, 0.5) is 4.79 Å². The minimum atomic E-state index is -0.780. The Morgan fingerprint density at radius 3 is 2.60 bits per heavy atom. The first-order valence-electron chi connectivity index (χ1n) is 6.97. The summed E-state index contributed by atoms with van der Waals surface area (Å²) >= 11 is 0. The van der Waals surface area contributed by atoms with Crippen molar-refractivity contribution in [2.24, 2.45) is 5.73 Å². The number of nitrogens with two attached hydrogens (primary N) is 1. The van der Waals surface area contributed by atoms with Gasteiger partial charge in [0.2, 0.25) is 0 Å². The molecular weight excluding hydrogens is 262 g/mol. The molecule has 1 aliphatic rings. The molecule has 0 bridgehead atoms. The molecule has 0 aromatic carbocycles. The zero-order chi connectivity index (χ0) is 15.3. The molecule has 0 radical (unpaired) electrons. The summed E-state index contributed by atoms with van der Waals surface area (Å²) in [5, 5.41) is 18.4. The Balaban J connectivity index is 2.56. The molecule has 7 nitrogen and oxygen atoms in total. The highest BCUT2D eigenvalue weighted by Crippen LogP contribution is 2.14. The first kappa shape index (κ1) is 17.2. The van der Waals surface area contributed by atoms with Crippen LogP contribution in [-0.4, -0.2) is 83.2 Å². The van der Waals surface area contributed by atoms with Gasteiger partial charge in [0.05, 0.1) is 12.7 Å². The van der Waals surface area contributed by atoms with Gasteiger partial charge in [0.25, 0.3) is 0 Å². The largest absolute Gasteiger partial charge is 0.444 e. The predicted molar refractivity (Wildman–Crippen MR) is 75.3 cm³/mol. The van der Waals surface area contributed by atoms with Gasteiger partial charge >= 0.3 is 6.09 Å². The third-order valence-corrected chi connectivity index (χ3v) is 3.18. The molecule has 0 spiro atoms. The van der Waals surface area contributed by atoms with E-state index in [0.29, 0.717) is 32.7 Å². The lowest BCUT2D eigenvalue weighted by molar-refractivity contribution is -0.00910. The third kappa shape index (κ3) is 5.24. The van der Waals surface area contributed by atoms with Crippen LogP contribution in [0.2, 0.25) is 0 Å². The van der Waals surface area contributed by atoms with E-state index in [4.69, 9.17) is 15.6 Å². The predicted octanol–water partition coefficient (Wildman–Crippen LogP) is -0.780. The van der Waals surface area contributed by atoms with Crippen molar-refractivity contribution in [3.05, 3.63) is 0 Å². The normalized spacial score (nSPS) is 22.7. The molecule has 1 heterocycles. The van der Waals surface area contributed by atoms with Crippen molar-refractivity contribution in [1.29, 1.82) is 0 Å². The number of piperazine rings is 1. The molecule has 0 aliphatic carbocycles. The molecule has 0 saturated carbocycles. The summed E-state index contributed by atoms with van der Waals surface area (Å²) in [6.07, 6.45) is -1.12. The average Bonchev–Trinajstić information content (AvgIpc) is 2.36. The van der Waals surface area contributed by atoms with Crippen molar-refractivity contribution in [2.45, 2.75) is 38.5 Å². The Hall–Kier alpha value is -0.890. The lowest BCUT2D eigenvalue weighted by atomic mass is 10.1. The van der Waals surface area contributed by atoms with E-state index in [9.17, 15) is 9.90 Å². The van der Waals surface area contributed by atoms with Gasteiger partial charge in [-0.05, 0) is 20.8 Å². The van der Waals surface area contributed by atoms with E-state index >= 15 is 0 Å². The van der Waals surface area contributed by atoms with Crippen LogP contribution in [0.25, 0.3) is 0 Å². The number of amides is 1. The minimum Gasteiger partial charge on any atom is -0.444 e. The summed E-state index contributed by atoms with van der Waals surface area (Å²) in [4.78, 5) is 15.7. The molecule has 2 atom stereocenters. The zero-order valence-corrected chi connectivity index (χ0v) is 12.6. The van der Waals surface area contributed by atoms with Crippen molar-refractivity contribution in [3.63, 3.8) is 0 Å². The summed E-state index contributed by atoms with van der Waals surface area (Å²) in [6.45, 7) is 7.59. The maximum atomic E-state index is 12.0. The van der Waals surface area contributed by atoms with Gasteiger partial charge in [-0.1, -0.05) is 0 Å². The molecule has 1 fully saturated rings. The van der Waals surface area contributed by atoms with Crippen LogP contribution in [0.3, 0.4) is 0 Å². The van der Waals surface area contributed by atoms with Crippen molar-refractivity contribution in [1.82, 2.24) is 9.80 Å². The topological polar surface area (TPSA) is 99.3 Å². The molecule has 2 unspecified atom stereocenters. The summed E-state index contributed by atoms with van der Waals surface area (Å²) in [5.41, 5.74) is 5.22. The van der Waals surface area contributed by atoms with Gasteiger partial charge in [-0.25, -0.2) is 4.79 Å². The van der Waals surface area contributed by atoms with E-state index in [1.807, 2.05) is 25.7 Å². The van der Waals surface area contributed by atoms with Gasteiger partial charge in [0, 0.05) is 38.8 Å². The van der Waals surface area contributed by atoms with Crippen LogP contribution >= 0.6 is 0 Å². The van der Waals surface area contributed by atoms with E-state index < -0.39 is 11.7 Å². The highest BCUT2D eigenvalue weighted by Gasteiger charge is 2.31. The quantitative estimate of drug-likeness (QED) is 0.628. The lowest BCUT2D eigenvalue weighted by Crippen LogP contribution is -2.59. The summed E-state index contributed by atoms with van der Waals surface area (Å²) in [5.74, 6) is 0. The van der Waals surface area contributed by atoms with Crippen molar-refractivity contribution in [2.75, 3.05) is 39.3 Å². The van der Waals surface area contributed by atoms with E-state index in [1.54, 1.807) is 4.90 Å². The number of ether oxygens (including phenoxy) is 1. The average molecular weight is 289 g/mol. The van der Waals surface area contributed by atoms with E-state index in [2.05, 4.69) is 0 Å². The van der Waals surface area contributed by atoms with Crippen LogP contribution in [0.15, 0.2) is 0 Å². The zero-order valence-electron chi connectivity index (χ0n) is 12.6. The van der Waals surface area contributed by atoms with Crippen molar-refractivity contribution >= 4 is 6.09 Å². The summed E-state index contributed by atoms with van der Waals surface area (Å²) in [7, 11) is 0. The summed E-state index contributed by atoms with van der Waals surface area (Å²) < 4.78 is 5.35. The van der Waals surface area contributed by atoms with Crippen molar-refractivity contribution in [3.8, 4) is 0 Å². The number of aliphatic hydroxyl groups is 2. The van der Waals surface area contributed by atoms with Crippen LogP contribution in [-0.2, 0) is 4.74 Å². The van der Waals surface area contributed by atoms with E-state index in [-0.39, 0.29) is 18.7 Å². The number of β-amino-alcohol motifs (C(OH)–C–C–N with tert-alkyl or cyclic N) is 1. The molecule has 1 saturated heterocycles. The number of hydrogen-bond acceptors (Lipinski definition) is 6. The number of carbonyl (C=O) groups excluding carboxylic acids is 1. The van der Waals surface area contributed by atoms with Crippen LogP contribution in [0.5, 0.6) is 0 Å². The Kier molecular flexibility index (Phi) is 6.19. The Labute approximate surface area is 120 Å². The number of rotatable bonds is 4. The maximum Gasteiger partial charge on any atom is 0.410 e. The Morgan fingerprint density at radius 2 is 2.10 bits per heavy atom. The maximum absolute atomic E-state index is 12.0. The molecule has 20 heavy (non-hydrogen) atoms. The molecule has 0 aromatic rings. The summed E-state index contributed by atoms with van der Waals surface area (Å²) in [6, 6.07) is -0.0301. The Bertz CT molecular complexity index is 319. The second kappa shape index (κ2) is 7.21. The second-order valence-corrected chi connectivity index (χ2v) is 6.15. The smallest absolute Gasteiger partial charge is 0.410 e. The SMILES string of the molecule is CC(C)(C)OC(=O)N1CCN(CC(O)CO)C(CN)C1. The third-order valence-electron chi connectivity index (χ3n) is 3.18. The molecule has 0 aromatic heterocycles. The van der Waals surface area contributed by atoms with Gasteiger partial charge in [-0.15, -0.1) is 0 Å². The van der Waals surface area contributed by atoms with Gasteiger partial charge in [-0.2, -0.15) is 0 Å². The standard InChI is InChI=1S/C13H27N3O4/c1-13(2,3)20-12(19)16-5-4-15(8-11(18)9-17)10(6-14)7-16/h10-11,17-18H,4-9,14H2,1-3H3. The molecule has 118 valence electrons. The fourth-order valence-corrected chi connectivity index (χ4v) is 2.18. The van der Waals surface area contributed by atoms with E-state index in [0.717, 1.165) is 0 Å². The fourth-order valence-electron chi connectivity index (χ4n) is 2.18. The highest BCUT2D eigenvalue weighted by atomic mass is 16.6. The van der Waals surface area contributed by atoms with Gasteiger partial charge < -0.3 is 25.6 Å². The molecule has 1 aliphatic heterocycles. The molecular formula is C13H27N3O4. The van der Waals surface area contributed by atoms with Gasteiger partial charge in [-0.3, -0.25) is 4.90 Å². The van der Waals surface area contributed by atoms with Crippen LogP contribution in [0.1, 0.15) is 20.8 Å². The second-order valence-electron chi connectivity index (χ2n) is 6.15. The first-order valence-corrected chi connectivity index (χ1v) is 6.97. The lowest BCUT2D eigenvalue weighted by Gasteiger charge is -2.41. The van der Waals surface area contributed by atoms with Gasteiger partial charge in [0.1, 0.15) is 5.60 Å². The number of hydrogen-bond donors (Lipinski definition) is 3. The molecule has 1 rings (SSSR count). The molecule has 4 N–H and O–H groups in total. The Morgan fingerprint density at radius 1 is 1.45 bits per heavy atom.